The van der Waals surface area contributed by atoms with E-state index >= 15 is 0 Å². The van der Waals surface area contributed by atoms with E-state index in [2.05, 4.69) is 36.5 Å². The summed E-state index contributed by atoms with van der Waals surface area (Å²) >= 11 is 4.69. The van der Waals surface area contributed by atoms with Crippen LogP contribution in [0, 0.1) is 0 Å². The molecule has 0 nitrogen and oxygen atoms in total. The summed E-state index contributed by atoms with van der Waals surface area (Å²) in [7, 11) is 0. The third kappa shape index (κ3) is 4.57. The first-order chi connectivity index (χ1) is 6.86. The van der Waals surface area contributed by atoms with Gasteiger partial charge >= 0.3 is 79.1 Å². The largest absolute Gasteiger partial charge is 0.127 e. The minimum atomic E-state index is -0.312. The van der Waals surface area contributed by atoms with Gasteiger partial charge in [0.05, 0.1) is 0 Å². The van der Waals surface area contributed by atoms with Gasteiger partial charge in [-0.05, 0) is 0 Å². The first-order valence-electron chi connectivity index (χ1n) is 4.91. The van der Waals surface area contributed by atoms with E-state index in [1.54, 1.807) is 6.56 Å². The Morgan fingerprint density at radius 1 is 1.14 bits per heavy atom. The minimum Gasteiger partial charge on any atom is -0.127 e. The first-order valence-corrected chi connectivity index (χ1v) is 7.90. The summed E-state index contributed by atoms with van der Waals surface area (Å²) in [5.41, 5.74) is 0. The van der Waals surface area contributed by atoms with Crippen molar-refractivity contribution >= 4 is 11.6 Å². The predicted molar refractivity (Wildman–Crippen MR) is 60.1 cm³/mol. The van der Waals surface area contributed by atoms with Crippen LogP contribution in [0.25, 0.3) is 0 Å². The number of alkyl halides is 1. The molecule has 0 radical (unpaired) electrons. The molecule has 0 aromatic carbocycles. The van der Waals surface area contributed by atoms with Gasteiger partial charge in [-0.3, -0.25) is 0 Å². The number of rotatable bonds is 2. The van der Waals surface area contributed by atoms with Crippen molar-refractivity contribution in [2.45, 2.75) is 19.8 Å². The van der Waals surface area contributed by atoms with E-state index in [1.807, 2.05) is 6.92 Å². The quantitative estimate of drug-likeness (QED) is 0.673. The van der Waals surface area contributed by atoms with Gasteiger partial charge in [-0.2, -0.15) is 0 Å². The Labute approximate surface area is 103 Å². The van der Waals surface area contributed by atoms with E-state index in [9.17, 15) is 0 Å². The summed E-state index contributed by atoms with van der Waals surface area (Å²) in [5.74, 6) is 0.722. The molecule has 0 aromatic heterocycles. The molecular formula is C12H15ClZr. The van der Waals surface area contributed by atoms with Crippen molar-refractivity contribution in [3.05, 3.63) is 43.0 Å². The Bertz CT molecular complexity index is 257. The molecule has 0 saturated heterocycles. The first kappa shape index (κ1) is 12.2. The van der Waals surface area contributed by atoms with Crippen LogP contribution in [0.1, 0.15) is 19.8 Å². The van der Waals surface area contributed by atoms with Crippen LogP contribution in [0.15, 0.2) is 43.0 Å². The van der Waals surface area contributed by atoms with Crippen molar-refractivity contribution in [1.29, 1.82) is 0 Å². The Kier molecular flexibility index (Phi) is 6.48. The Balaban J connectivity index is 0.000000293. The summed E-state index contributed by atoms with van der Waals surface area (Å²) in [6.07, 6.45) is 16.0. The van der Waals surface area contributed by atoms with Crippen molar-refractivity contribution in [3.63, 3.8) is 0 Å². The third-order valence-corrected chi connectivity index (χ3v) is 5.27. The molecule has 0 unspecified atom stereocenters. The number of allylic oxidation sites excluding steroid dienone is 8. The van der Waals surface area contributed by atoms with Gasteiger partial charge in [0.15, 0.2) is 0 Å². The second-order valence-electron chi connectivity index (χ2n) is 3.04. The molecular weight excluding hydrogens is 271 g/mol. The van der Waals surface area contributed by atoms with E-state index < -0.39 is 0 Å². The SMILES string of the molecule is C1=CC[C]([Zr][C]2=CC=CC2)=C1.CCCl. The van der Waals surface area contributed by atoms with E-state index in [0.717, 1.165) is 5.88 Å². The smallest absolute Gasteiger partial charge is 0.0195 e. The van der Waals surface area contributed by atoms with E-state index in [0.29, 0.717) is 0 Å². The molecule has 0 fully saturated rings. The molecule has 0 heterocycles. The Morgan fingerprint density at radius 2 is 1.57 bits per heavy atom. The van der Waals surface area contributed by atoms with Crippen LogP contribution in [-0.2, 0) is 23.2 Å². The summed E-state index contributed by atoms with van der Waals surface area (Å²) in [4.78, 5) is 0. The number of hydrogen-bond acceptors (Lipinski definition) is 0. The van der Waals surface area contributed by atoms with Gasteiger partial charge in [0.25, 0.3) is 0 Å². The predicted octanol–water partition coefficient (Wildman–Crippen LogP) is 4.00. The van der Waals surface area contributed by atoms with Gasteiger partial charge in [0, 0.05) is 5.88 Å². The Hall–Kier alpha value is 0.133. The van der Waals surface area contributed by atoms with Crippen LogP contribution in [-0.4, -0.2) is 5.88 Å². The van der Waals surface area contributed by atoms with Gasteiger partial charge < -0.3 is 0 Å². The summed E-state index contributed by atoms with van der Waals surface area (Å²) in [6, 6.07) is 0. The zero-order valence-electron chi connectivity index (χ0n) is 8.46. The maximum Gasteiger partial charge on any atom is 0.0195 e. The molecule has 2 rings (SSSR count). The van der Waals surface area contributed by atoms with Crippen molar-refractivity contribution < 1.29 is 23.2 Å². The molecule has 0 N–H and O–H groups in total. The van der Waals surface area contributed by atoms with Gasteiger partial charge in [-0.1, -0.05) is 6.92 Å². The van der Waals surface area contributed by atoms with E-state index in [4.69, 9.17) is 11.6 Å². The molecule has 0 atom stereocenters. The van der Waals surface area contributed by atoms with Crippen LogP contribution in [0.3, 0.4) is 0 Å². The second kappa shape index (κ2) is 7.43. The van der Waals surface area contributed by atoms with Gasteiger partial charge in [0.2, 0.25) is 0 Å². The number of halogens is 1. The topological polar surface area (TPSA) is 0 Å². The van der Waals surface area contributed by atoms with Crippen molar-refractivity contribution in [1.82, 2.24) is 0 Å². The maximum absolute atomic E-state index is 5.00. The molecule has 0 aromatic rings. The zero-order chi connectivity index (χ0) is 10.2. The standard InChI is InChI=1S/2C5H5.C2H5Cl.Zr/c2*1-2-4-5-3-1;1-2-3;/h2*1-3H,4H2;2H2,1H3;. The maximum atomic E-state index is 5.00. The van der Waals surface area contributed by atoms with Crippen LogP contribution >= 0.6 is 11.6 Å². The second-order valence-corrected chi connectivity index (χ2v) is 7.35. The third-order valence-electron chi connectivity index (χ3n) is 1.86. The van der Waals surface area contributed by atoms with Crippen LogP contribution in [0.4, 0.5) is 0 Å². The molecule has 0 bridgehead atoms. The summed E-state index contributed by atoms with van der Waals surface area (Å²) in [5, 5.41) is 0. The monoisotopic (exact) mass is 284 g/mol. The van der Waals surface area contributed by atoms with E-state index in [-0.39, 0.29) is 23.2 Å². The molecule has 2 heteroatoms. The summed E-state index contributed by atoms with van der Waals surface area (Å²) in [6.45, 7) is 1.89. The zero-order valence-corrected chi connectivity index (χ0v) is 11.7. The molecule has 2 aliphatic carbocycles. The molecule has 0 spiro atoms. The van der Waals surface area contributed by atoms with Crippen LogP contribution in [0.2, 0.25) is 0 Å². The molecule has 0 amide bonds. The molecule has 2 aliphatic rings. The molecule has 14 heavy (non-hydrogen) atoms. The fourth-order valence-corrected chi connectivity index (χ4v) is 4.26. The van der Waals surface area contributed by atoms with Gasteiger partial charge in [-0.25, -0.2) is 0 Å². The van der Waals surface area contributed by atoms with Gasteiger partial charge in [-0.15, -0.1) is 11.6 Å². The molecule has 0 aliphatic heterocycles. The summed E-state index contributed by atoms with van der Waals surface area (Å²) < 4.78 is 3.45. The fraction of sp³-hybridized carbons (Fsp3) is 0.333. The van der Waals surface area contributed by atoms with Crippen molar-refractivity contribution in [2.24, 2.45) is 0 Å². The van der Waals surface area contributed by atoms with Crippen LogP contribution in [0.5, 0.6) is 0 Å². The average molecular weight is 286 g/mol. The van der Waals surface area contributed by atoms with E-state index in [1.165, 1.54) is 12.8 Å². The normalized spacial score (nSPS) is 17.3. The van der Waals surface area contributed by atoms with Crippen LogP contribution < -0.4 is 0 Å². The molecule has 0 saturated carbocycles. The fourth-order valence-electron chi connectivity index (χ4n) is 1.29. The Morgan fingerprint density at radius 3 is 1.86 bits per heavy atom. The van der Waals surface area contributed by atoms with Crippen molar-refractivity contribution in [2.75, 3.05) is 5.88 Å². The van der Waals surface area contributed by atoms with Gasteiger partial charge in [0.1, 0.15) is 0 Å². The molecule has 74 valence electrons. The average Bonchev–Trinajstić information content (AvgIpc) is 2.79. The van der Waals surface area contributed by atoms with Crippen molar-refractivity contribution in [3.8, 4) is 0 Å². The number of hydrogen-bond donors (Lipinski definition) is 0. The minimum absolute atomic E-state index is 0.312.